The Morgan fingerprint density at radius 2 is 1.94 bits per heavy atom. The number of rotatable bonds is 1. The Balaban J connectivity index is 2.16. The Morgan fingerprint density at radius 1 is 1.33 bits per heavy atom. The maximum Gasteiger partial charge on any atom is 0.404 e. The lowest BCUT2D eigenvalue weighted by molar-refractivity contribution is -0.175. The van der Waals surface area contributed by atoms with Crippen LogP contribution in [0.2, 0.25) is 0 Å². The molecule has 3 N–H and O–H groups in total. The van der Waals surface area contributed by atoms with Crippen LogP contribution in [0.3, 0.4) is 0 Å². The Kier molecular flexibility index (Phi) is 3.44. The number of hydrogen-bond donors (Lipinski definition) is 3. The summed E-state index contributed by atoms with van der Waals surface area (Å²) in [5.74, 6) is -1.38. The molecule has 0 aromatic rings. The van der Waals surface area contributed by atoms with E-state index in [1.807, 2.05) is 0 Å². The number of amides is 1. The number of halogens is 3. The highest BCUT2D eigenvalue weighted by Crippen LogP contribution is 2.52. The number of alkyl halides is 3. The number of carbonyl (C=O) groups is 1. The second-order valence-corrected chi connectivity index (χ2v) is 5.29. The van der Waals surface area contributed by atoms with Gasteiger partial charge in [0.1, 0.15) is 0 Å². The molecule has 1 aliphatic carbocycles. The summed E-state index contributed by atoms with van der Waals surface area (Å²) < 4.78 is 38.5. The molecule has 0 aromatic heterocycles. The fourth-order valence-electron chi connectivity index (χ4n) is 3.34. The summed E-state index contributed by atoms with van der Waals surface area (Å²) in [6.45, 7) is 1.31. The third kappa shape index (κ3) is 2.55. The van der Waals surface area contributed by atoms with Crippen molar-refractivity contribution in [3.05, 3.63) is 0 Å². The van der Waals surface area contributed by atoms with Gasteiger partial charge in [-0.2, -0.15) is 13.2 Å². The van der Waals surface area contributed by atoms with Crippen molar-refractivity contribution in [2.24, 2.45) is 11.3 Å². The van der Waals surface area contributed by atoms with Crippen LogP contribution in [0.25, 0.3) is 0 Å². The van der Waals surface area contributed by atoms with E-state index in [4.69, 9.17) is 5.11 Å². The summed E-state index contributed by atoms with van der Waals surface area (Å²) in [5, 5.41) is 14.2. The van der Waals surface area contributed by atoms with Crippen molar-refractivity contribution < 1.29 is 23.1 Å². The minimum absolute atomic E-state index is 0.0448. The lowest BCUT2D eigenvalue weighted by atomic mass is 9.74. The molecule has 1 heterocycles. The molecule has 1 aliphatic heterocycles. The number of carboxylic acid groups (broad SMARTS) is 1. The zero-order valence-corrected chi connectivity index (χ0v) is 9.89. The molecule has 4 nitrogen and oxygen atoms in total. The van der Waals surface area contributed by atoms with Gasteiger partial charge < -0.3 is 15.7 Å². The number of nitrogens with one attached hydrogen (secondary N) is 2. The van der Waals surface area contributed by atoms with Crippen LogP contribution in [-0.2, 0) is 0 Å². The second kappa shape index (κ2) is 4.60. The van der Waals surface area contributed by atoms with Gasteiger partial charge in [-0.3, -0.25) is 0 Å². The van der Waals surface area contributed by atoms with E-state index in [0.717, 1.165) is 0 Å². The Morgan fingerprint density at radius 3 is 2.44 bits per heavy atom. The van der Waals surface area contributed by atoms with Gasteiger partial charge in [0.2, 0.25) is 0 Å². The van der Waals surface area contributed by atoms with Crippen LogP contribution in [-0.4, -0.2) is 36.5 Å². The molecule has 1 amide bonds. The van der Waals surface area contributed by atoms with Crippen LogP contribution in [0.5, 0.6) is 0 Å². The molecule has 18 heavy (non-hydrogen) atoms. The van der Waals surface area contributed by atoms with Crippen LogP contribution in [0.1, 0.15) is 25.7 Å². The molecular weight excluding hydrogens is 249 g/mol. The van der Waals surface area contributed by atoms with Gasteiger partial charge in [0, 0.05) is 6.04 Å². The number of piperidine rings is 1. The fourth-order valence-corrected chi connectivity index (χ4v) is 3.34. The lowest BCUT2D eigenvalue weighted by Crippen LogP contribution is -2.48. The summed E-state index contributed by atoms with van der Waals surface area (Å²) >= 11 is 0. The van der Waals surface area contributed by atoms with E-state index < -0.39 is 29.6 Å². The van der Waals surface area contributed by atoms with Gasteiger partial charge >= 0.3 is 12.3 Å². The molecule has 0 unspecified atom stereocenters. The minimum Gasteiger partial charge on any atom is -0.465 e. The van der Waals surface area contributed by atoms with Crippen LogP contribution in [0.4, 0.5) is 18.0 Å². The third-order valence-electron chi connectivity index (χ3n) is 4.27. The van der Waals surface area contributed by atoms with E-state index in [2.05, 4.69) is 10.6 Å². The smallest absolute Gasteiger partial charge is 0.404 e. The van der Waals surface area contributed by atoms with E-state index in [9.17, 15) is 18.0 Å². The first-order valence-electron chi connectivity index (χ1n) is 6.10. The zero-order valence-electron chi connectivity index (χ0n) is 9.89. The Bertz CT molecular complexity index is 327. The summed E-state index contributed by atoms with van der Waals surface area (Å²) in [4.78, 5) is 10.7. The van der Waals surface area contributed by atoms with E-state index in [-0.39, 0.29) is 12.8 Å². The van der Waals surface area contributed by atoms with Crippen molar-refractivity contribution in [1.82, 2.24) is 10.6 Å². The average Bonchev–Trinajstić information content (AvgIpc) is 2.58. The standard InChI is InChI=1S/C11H17F3N2O2/c12-11(13,14)7-5-8(16-9(17)18)10(6-7)1-3-15-4-2-10/h7-8,15-16H,1-6H2,(H,17,18)/t7-,8+/m0/s1. The second-order valence-electron chi connectivity index (χ2n) is 5.29. The van der Waals surface area contributed by atoms with Crippen LogP contribution < -0.4 is 10.6 Å². The maximum atomic E-state index is 12.8. The van der Waals surface area contributed by atoms with Crippen molar-refractivity contribution in [2.45, 2.75) is 37.9 Å². The van der Waals surface area contributed by atoms with Gasteiger partial charge in [-0.25, -0.2) is 4.79 Å². The normalized spacial score (nSPS) is 31.5. The molecule has 2 rings (SSSR count). The zero-order chi connectivity index (χ0) is 13.4. The minimum atomic E-state index is -4.23. The summed E-state index contributed by atoms with van der Waals surface area (Å²) in [7, 11) is 0. The largest absolute Gasteiger partial charge is 0.465 e. The summed E-state index contributed by atoms with van der Waals surface area (Å²) in [6, 6.07) is -0.580. The predicted octanol–water partition coefficient (Wildman–Crippen LogP) is 1.96. The molecule has 1 saturated heterocycles. The van der Waals surface area contributed by atoms with E-state index in [1.165, 1.54) is 0 Å². The topological polar surface area (TPSA) is 61.4 Å². The highest BCUT2D eigenvalue weighted by atomic mass is 19.4. The first-order valence-corrected chi connectivity index (χ1v) is 6.10. The van der Waals surface area contributed by atoms with Gasteiger partial charge in [-0.05, 0) is 44.2 Å². The monoisotopic (exact) mass is 266 g/mol. The predicted molar refractivity (Wildman–Crippen MR) is 58.3 cm³/mol. The van der Waals surface area contributed by atoms with Crippen molar-refractivity contribution in [3.8, 4) is 0 Å². The molecular formula is C11H17F3N2O2. The molecule has 1 spiro atoms. The van der Waals surface area contributed by atoms with E-state index >= 15 is 0 Å². The molecule has 2 fully saturated rings. The van der Waals surface area contributed by atoms with Crippen molar-refractivity contribution >= 4 is 6.09 Å². The molecule has 2 atom stereocenters. The van der Waals surface area contributed by atoms with Gasteiger partial charge in [0.05, 0.1) is 5.92 Å². The fraction of sp³-hybridized carbons (Fsp3) is 0.909. The molecule has 1 saturated carbocycles. The summed E-state index contributed by atoms with van der Waals surface area (Å²) in [5.41, 5.74) is -0.524. The average molecular weight is 266 g/mol. The molecule has 0 aromatic carbocycles. The van der Waals surface area contributed by atoms with Crippen molar-refractivity contribution in [1.29, 1.82) is 0 Å². The first kappa shape index (κ1) is 13.5. The van der Waals surface area contributed by atoms with Gasteiger partial charge in [0.15, 0.2) is 0 Å². The Hall–Kier alpha value is -0.980. The first-order chi connectivity index (χ1) is 8.33. The SMILES string of the molecule is O=C(O)N[C@@H]1C[C@H](C(F)(F)F)CC12CCNCC2. The van der Waals surface area contributed by atoms with E-state index in [1.54, 1.807) is 0 Å². The van der Waals surface area contributed by atoms with Crippen molar-refractivity contribution in [3.63, 3.8) is 0 Å². The van der Waals surface area contributed by atoms with Crippen molar-refractivity contribution in [2.75, 3.05) is 13.1 Å². The quantitative estimate of drug-likeness (QED) is 0.680. The van der Waals surface area contributed by atoms with Gasteiger partial charge in [-0.1, -0.05) is 0 Å². The molecule has 7 heteroatoms. The highest BCUT2D eigenvalue weighted by Gasteiger charge is 2.55. The number of hydrogen-bond acceptors (Lipinski definition) is 2. The van der Waals surface area contributed by atoms with Crippen LogP contribution in [0.15, 0.2) is 0 Å². The summed E-state index contributed by atoms with van der Waals surface area (Å²) in [6.07, 6.45) is -4.35. The lowest BCUT2D eigenvalue weighted by Gasteiger charge is -2.39. The van der Waals surface area contributed by atoms with Gasteiger partial charge in [0.25, 0.3) is 0 Å². The maximum absolute atomic E-state index is 12.8. The molecule has 104 valence electrons. The third-order valence-corrected chi connectivity index (χ3v) is 4.27. The molecule has 0 bridgehead atoms. The highest BCUT2D eigenvalue weighted by molar-refractivity contribution is 5.65. The van der Waals surface area contributed by atoms with Crippen LogP contribution >= 0.6 is 0 Å². The van der Waals surface area contributed by atoms with E-state index in [0.29, 0.717) is 25.9 Å². The Labute approximate surface area is 103 Å². The van der Waals surface area contributed by atoms with Gasteiger partial charge in [-0.15, -0.1) is 0 Å². The molecule has 0 radical (unpaired) electrons. The van der Waals surface area contributed by atoms with Crippen LogP contribution in [0, 0.1) is 11.3 Å². The molecule has 2 aliphatic rings.